The molecule has 100 valence electrons. The third kappa shape index (κ3) is 2.37. The lowest BCUT2D eigenvalue weighted by molar-refractivity contribution is 0.617. The van der Waals surface area contributed by atoms with Gasteiger partial charge in [0, 0.05) is 16.7 Å². The molecule has 2 aromatic carbocycles. The van der Waals surface area contributed by atoms with E-state index < -0.39 is 0 Å². The lowest BCUT2D eigenvalue weighted by atomic mass is 10.1. The van der Waals surface area contributed by atoms with Crippen LogP contribution in [0.2, 0.25) is 10.0 Å². The molecule has 0 aliphatic heterocycles. The van der Waals surface area contributed by atoms with Gasteiger partial charge in [0.2, 0.25) is 0 Å². The van der Waals surface area contributed by atoms with Gasteiger partial charge in [-0.3, -0.25) is 4.79 Å². The largest absolute Gasteiger partial charge is 0.455 e. The summed E-state index contributed by atoms with van der Waals surface area (Å²) in [5, 5.41) is 1.43. The van der Waals surface area contributed by atoms with E-state index in [0.717, 1.165) is 0 Å². The summed E-state index contributed by atoms with van der Waals surface area (Å²) in [5.74, 6) is 0.427. The average molecular weight is 370 g/mol. The second-order valence-corrected chi connectivity index (χ2v) is 5.92. The fraction of sp³-hybridized carbons (Fsp3) is 0. The summed E-state index contributed by atoms with van der Waals surface area (Å²) in [4.78, 5) is 12.2. The van der Waals surface area contributed by atoms with E-state index >= 15 is 0 Å². The average Bonchev–Trinajstić information content (AvgIpc) is 2.40. The van der Waals surface area contributed by atoms with E-state index in [-0.39, 0.29) is 5.43 Å². The van der Waals surface area contributed by atoms with Crippen LogP contribution in [0, 0.1) is 0 Å². The zero-order chi connectivity index (χ0) is 14.3. The van der Waals surface area contributed by atoms with Gasteiger partial charge in [0.1, 0.15) is 5.76 Å². The zero-order valence-corrected chi connectivity index (χ0v) is 13.1. The van der Waals surface area contributed by atoms with Crippen molar-refractivity contribution in [2.45, 2.75) is 0 Å². The molecule has 3 rings (SSSR count). The van der Waals surface area contributed by atoms with Crippen LogP contribution >= 0.6 is 39.1 Å². The summed E-state index contributed by atoms with van der Waals surface area (Å²) in [6, 6.07) is 11.9. The van der Waals surface area contributed by atoms with Crippen LogP contribution in [0.5, 0.6) is 0 Å². The van der Waals surface area contributed by atoms with E-state index in [9.17, 15) is 4.79 Å². The molecule has 0 bridgehead atoms. The van der Waals surface area contributed by atoms with E-state index in [0.29, 0.717) is 36.8 Å². The summed E-state index contributed by atoms with van der Waals surface area (Å²) in [7, 11) is 0. The van der Waals surface area contributed by atoms with E-state index in [1.54, 1.807) is 24.3 Å². The molecule has 0 aliphatic rings. The molecule has 0 atom stereocenters. The highest BCUT2D eigenvalue weighted by Crippen LogP contribution is 2.32. The number of hydrogen-bond acceptors (Lipinski definition) is 2. The Balaban J connectivity index is 2.36. The van der Waals surface area contributed by atoms with Crippen LogP contribution in [0.25, 0.3) is 22.3 Å². The molecule has 20 heavy (non-hydrogen) atoms. The maximum atomic E-state index is 12.2. The standard InChI is InChI=1S/C15H7BrCl2O2/c16-11-6-8(17)5-10-13(19)7-14(20-15(10)11)9-3-1-2-4-12(9)18/h1-7H. The van der Waals surface area contributed by atoms with Crippen LogP contribution in [0.1, 0.15) is 0 Å². The van der Waals surface area contributed by atoms with Crippen molar-refractivity contribution in [1.82, 2.24) is 0 Å². The Hall–Kier alpha value is -1.29. The molecular formula is C15H7BrCl2O2. The van der Waals surface area contributed by atoms with Gasteiger partial charge in [-0.1, -0.05) is 35.3 Å². The van der Waals surface area contributed by atoms with E-state index in [4.69, 9.17) is 27.6 Å². The number of benzene rings is 2. The third-order valence-corrected chi connectivity index (χ3v) is 4.02. The maximum Gasteiger partial charge on any atom is 0.193 e. The molecule has 0 amide bonds. The first-order chi connectivity index (χ1) is 9.56. The van der Waals surface area contributed by atoms with Gasteiger partial charge >= 0.3 is 0 Å². The van der Waals surface area contributed by atoms with Gasteiger partial charge in [-0.05, 0) is 40.2 Å². The lowest BCUT2D eigenvalue weighted by Gasteiger charge is -2.06. The lowest BCUT2D eigenvalue weighted by Crippen LogP contribution is -2.00. The minimum atomic E-state index is -0.163. The van der Waals surface area contributed by atoms with Crippen molar-refractivity contribution in [2.24, 2.45) is 0 Å². The van der Waals surface area contributed by atoms with Crippen LogP contribution in [0.15, 0.2) is 56.1 Å². The molecular weight excluding hydrogens is 363 g/mol. The summed E-state index contributed by atoms with van der Waals surface area (Å²) in [6.07, 6.45) is 0. The molecule has 1 heterocycles. The minimum Gasteiger partial charge on any atom is -0.455 e. The number of hydrogen-bond donors (Lipinski definition) is 0. The molecule has 0 saturated carbocycles. The molecule has 0 unspecified atom stereocenters. The van der Waals surface area contributed by atoms with Crippen molar-refractivity contribution in [1.29, 1.82) is 0 Å². The number of rotatable bonds is 1. The molecule has 1 aromatic heterocycles. The SMILES string of the molecule is O=c1cc(-c2ccccc2Cl)oc2c(Br)cc(Cl)cc12. The Morgan fingerprint density at radius 3 is 2.55 bits per heavy atom. The second-order valence-electron chi connectivity index (χ2n) is 4.22. The Labute approximate surface area is 133 Å². The van der Waals surface area contributed by atoms with Crippen LogP contribution < -0.4 is 5.43 Å². The Morgan fingerprint density at radius 2 is 1.80 bits per heavy atom. The quantitative estimate of drug-likeness (QED) is 0.564. The normalized spacial score (nSPS) is 10.9. The predicted molar refractivity (Wildman–Crippen MR) is 85.6 cm³/mol. The summed E-state index contributed by atoms with van der Waals surface area (Å²) in [5.41, 5.74) is 0.969. The molecule has 2 nitrogen and oxygen atoms in total. The van der Waals surface area contributed by atoms with Gasteiger partial charge in [-0.15, -0.1) is 0 Å². The van der Waals surface area contributed by atoms with E-state index in [2.05, 4.69) is 15.9 Å². The van der Waals surface area contributed by atoms with Crippen LogP contribution in [0.3, 0.4) is 0 Å². The summed E-state index contributed by atoms with van der Waals surface area (Å²) >= 11 is 15.4. The predicted octanol–water partition coefficient (Wildman–Crippen LogP) is 5.53. The Morgan fingerprint density at radius 1 is 1.05 bits per heavy atom. The molecule has 0 N–H and O–H groups in total. The van der Waals surface area contributed by atoms with Gasteiger partial charge in [-0.2, -0.15) is 0 Å². The fourth-order valence-electron chi connectivity index (χ4n) is 1.98. The van der Waals surface area contributed by atoms with Crippen molar-refractivity contribution in [3.05, 3.63) is 67.2 Å². The minimum absolute atomic E-state index is 0.163. The molecule has 0 aliphatic carbocycles. The smallest absolute Gasteiger partial charge is 0.193 e. The van der Waals surface area contributed by atoms with E-state index in [1.807, 2.05) is 12.1 Å². The van der Waals surface area contributed by atoms with Gasteiger partial charge < -0.3 is 4.42 Å². The number of fused-ring (bicyclic) bond motifs is 1. The molecule has 0 spiro atoms. The van der Waals surface area contributed by atoms with Crippen molar-refractivity contribution < 1.29 is 4.42 Å². The van der Waals surface area contributed by atoms with E-state index in [1.165, 1.54) is 6.07 Å². The highest BCUT2D eigenvalue weighted by Gasteiger charge is 2.12. The summed E-state index contributed by atoms with van der Waals surface area (Å²) in [6.45, 7) is 0. The third-order valence-electron chi connectivity index (χ3n) is 2.89. The Bertz CT molecular complexity index is 871. The van der Waals surface area contributed by atoms with Crippen molar-refractivity contribution in [3.8, 4) is 11.3 Å². The highest BCUT2D eigenvalue weighted by atomic mass is 79.9. The van der Waals surface area contributed by atoms with Crippen molar-refractivity contribution in [2.75, 3.05) is 0 Å². The van der Waals surface area contributed by atoms with Gasteiger partial charge in [-0.25, -0.2) is 0 Å². The van der Waals surface area contributed by atoms with Gasteiger partial charge in [0.25, 0.3) is 0 Å². The highest BCUT2D eigenvalue weighted by molar-refractivity contribution is 9.10. The molecule has 0 fully saturated rings. The molecule has 3 aromatic rings. The van der Waals surface area contributed by atoms with Crippen LogP contribution in [-0.2, 0) is 0 Å². The first-order valence-electron chi connectivity index (χ1n) is 5.74. The molecule has 0 radical (unpaired) electrons. The first-order valence-corrected chi connectivity index (χ1v) is 7.29. The van der Waals surface area contributed by atoms with Crippen molar-refractivity contribution >= 4 is 50.1 Å². The monoisotopic (exact) mass is 368 g/mol. The van der Waals surface area contributed by atoms with Gasteiger partial charge in [0.05, 0.1) is 14.9 Å². The fourth-order valence-corrected chi connectivity index (χ4v) is 3.10. The second kappa shape index (κ2) is 5.24. The maximum absolute atomic E-state index is 12.2. The van der Waals surface area contributed by atoms with Crippen LogP contribution in [0.4, 0.5) is 0 Å². The molecule has 5 heteroatoms. The van der Waals surface area contributed by atoms with Crippen molar-refractivity contribution in [3.63, 3.8) is 0 Å². The topological polar surface area (TPSA) is 30.2 Å². The Kier molecular flexibility index (Phi) is 3.59. The number of halogens is 3. The zero-order valence-electron chi connectivity index (χ0n) is 9.99. The van der Waals surface area contributed by atoms with Crippen LogP contribution in [-0.4, -0.2) is 0 Å². The summed E-state index contributed by atoms with van der Waals surface area (Å²) < 4.78 is 6.44. The first kappa shape index (κ1) is 13.7. The van der Waals surface area contributed by atoms with Gasteiger partial charge in [0.15, 0.2) is 11.0 Å². The molecule has 0 saturated heterocycles.